The number of amides is 1. The summed E-state index contributed by atoms with van der Waals surface area (Å²) in [5.74, 6) is 1.18. The Morgan fingerprint density at radius 2 is 1.83 bits per heavy atom. The van der Waals surface area contributed by atoms with Gasteiger partial charge in [0.15, 0.2) is 12.4 Å². The molecule has 0 atom stereocenters. The van der Waals surface area contributed by atoms with Gasteiger partial charge in [-0.3, -0.25) is 15.2 Å². The largest absolute Gasteiger partial charge is 0.484 e. The van der Waals surface area contributed by atoms with Crippen molar-refractivity contribution in [3.63, 3.8) is 0 Å². The summed E-state index contributed by atoms with van der Waals surface area (Å²) in [5.41, 5.74) is 3.08. The van der Waals surface area contributed by atoms with Crippen molar-refractivity contribution < 1.29 is 9.53 Å². The van der Waals surface area contributed by atoms with Crippen molar-refractivity contribution in [2.45, 2.75) is 13.8 Å². The van der Waals surface area contributed by atoms with Gasteiger partial charge in [-0.25, -0.2) is 0 Å². The van der Waals surface area contributed by atoms with Gasteiger partial charge >= 0.3 is 0 Å². The number of anilines is 1. The van der Waals surface area contributed by atoms with Crippen LogP contribution in [0.15, 0.2) is 48.5 Å². The minimum Gasteiger partial charge on any atom is -0.484 e. The minimum atomic E-state index is -0.312. The SMILES string of the molecule is Cc1cc(C)cc(OCC(=O)Nc2n[nH]c(-c3ccccc3)n2)c1. The maximum absolute atomic E-state index is 12.0. The summed E-state index contributed by atoms with van der Waals surface area (Å²) < 4.78 is 5.52. The molecule has 0 aliphatic heterocycles. The molecule has 2 aromatic carbocycles. The third-order valence-electron chi connectivity index (χ3n) is 3.35. The first-order chi connectivity index (χ1) is 11.6. The van der Waals surface area contributed by atoms with Gasteiger partial charge in [-0.1, -0.05) is 36.4 Å². The maximum Gasteiger partial charge on any atom is 0.264 e. The highest BCUT2D eigenvalue weighted by atomic mass is 16.5. The predicted octanol–water partition coefficient (Wildman–Crippen LogP) is 3.11. The van der Waals surface area contributed by atoms with Gasteiger partial charge in [0.2, 0.25) is 5.95 Å². The average molecular weight is 322 g/mol. The van der Waals surface area contributed by atoms with Crippen molar-refractivity contribution in [1.82, 2.24) is 15.2 Å². The first kappa shape index (κ1) is 15.7. The Morgan fingerprint density at radius 3 is 2.54 bits per heavy atom. The van der Waals surface area contributed by atoms with Gasteiger partial charge in [-0.05, 0) is 37.1 Å². The van der Waals surface area contributed by atoms with Gasteiger partial charge in [0.25, 0.3) is 5.91 Å². The predicted molar refractivity (Wildman–Crippen MR) is 91.9 cm³/mol. The van der Waals surface area contributed by atoms with E-state index in [1.54, 1.807) is 0 Å². The van der Waals surface area contributed by atoms with Gasteiger partial charge in [0.1, 0.15) is 5.75 Å². The molecule has 3 aromatic rings. The Balaban J connectivity index is 1.58. The molecule has 0 saturated heterocycles. The topological polar surface area (TPSA) is 79.9 Å². The second-order valence-corrected chi connectivity index (χ2v) is 5.53. The molecule has 3 rings (SSSR count). The summed E-state index contributed by atoms with van der Waals surface area (Å²) in [4.78, 5) is 16.2. The van der Waals surface area contributed by atoms with Crippen molar-refractivity contribution in [1.29, 1.82) is 0 Å². The van der Waals surface area contributed by atoms with E-state index in [9.17, 15) is 4.79 Å². The normalized spacial score (nSPS) is 10.4. The van der Waals surface area contributed by atoms with Gasteiger partial charge < -0.3 is 4.74 Å². The lowest BCUT2D eigenvalue weighted by Gasteiger charge is -2.07. The van der Waals surface area contributed by atoms with Gasteiger partial charge in [0.05, 0.1) is 0 Å². The Kier molecular flexibility index (Phi) is 4.56. The standard InChI is InChI=1S/C18H18N4O2/c1-12-8-13(2)10-15(9-12)24-11-16(23)19-18-20-17(21-22-18)14-6-4-3-5-7-14/h3-10H,11H2,1-2H3,(H2,19,20,21,22,23). The minimum absolute atomic E-state index is 0.0991. The zero-order chi connectivity index (χ0) is 16.9. The number of carbonyl (C=O) groups is 1. The lowest BCUT2D eigenvalue weighted by molar-refractivity contribution is -0.118. The van der Waals surface area contributed by atoms with E-state index in [-0.39, 0.29) is 18.5 Å². The number of nitrogens with one attached hydrogen (secondary N) is 2. The number of benzene rings is 2. The third-order valence-corrected chi connectivity index (χ3v) is 3.35. The fourth-order valence-electron chi connectivity index (χ4n) is 2.37. The highest BCUT2D eigenvalue weighted by molar-refractivity contribution is 5.90. The fourth-order valence-corrected chi connectivity index (χ4v) is 2.37. The van der Waals surface area contributed by atoms with Gasteiger partial charge in [-0.15, -0.1) is 5.10 Å². The molecule has 0 fully saturated rings. The summed E-state index contributed by atoms with van der Waals surface area (Å²) in [6.07, 6.45) is 0. The molecule has 1 amide bonds. The lowest BCUT2D eigenvalue weighted by Crippen LogP contribution is -2.20. The quantitative estimate of drug-likeness (QED) is 0.756. The van der Waals surface area contributed by atoms with Crippen LogP contribution in [-0.2, 0) is 4.79 Å². The van der Waals surface area contributed by atoms with E-state index in [1.807, 2.05) is 62.4 Å². The van der Waals surface area contributed by atoms with Crippen LogP contribution >= 0.6 is 0 Å². The zero-order valence-electron chi connectivity index (χ0n) is 13.5. The summed E-state index contributed by atoms with van der Waals surface area (Å²) >= 11 is 0. The van der Waals surface area contributed by atoms with Crippen LogP contribution in [0.25, 0.3) is 11.4 Å². The number of aromatic nitrogens is 3. The monoisotopic (exact) mass is 322 g/mol. The summed E-state index contributed by atoms with van der Waals surface area (Å²) in [6, 6.07) is 15.4. The van der Waals surface area contributed by atoms with E-state index in [1.165, 1.54) is 0 Å². The van der Waals surface area contributed by atoms with Crippen molar-refractivity contribution in [2.24, 2.45) is 0 Å². The van der Waals surface area contributed by atoms with Crippen LogP contribution in [0.5, 0.6) is 5.75 Å². The first-order valence-electron chi connectivity index (χ1n) is 7.59. The zero-order valence-corrected chi connectivity index (χ0v) is 13.5. The first-order valence-corrected chi connectivity index (χ1v) is 7.59. The van der Waals surface area contributed by atoms with E-state index >= 15 is 0 Å². The third kappa shape index (κ3) is 3.98. The Hall–Kier alpha value is -3.15. The van der Waals surface area contributed by atoms with E-state index in [2.05, 4.69) is 20.5 Å². The number of hydrogen-bond donors (Lipinski definition) is 2. The molecule has 0 aliphatic rings. The van der Waals surface area contributed by atoms with Crippen LogP contribution in [0.3, 0.4) is 0 Å². The Bertz CT molecular complexity index is 823. The number of carbonyl (C=O) groups excluding carboxylic acids is 1. The molecule has 1 heterocycles. The molecule has 0 spiro atoms. The van der Waals surface area contributed by atoms with Crippen molar-refractivity contribution in [3.8, 4) is 17.1 Å². The van der Waals surface area contributed by atoms with Gasteiger partial charge in [0, 0.05) is 5.56 Å². The fraction of sp³-hybridized carbons (Fsp3) is 0.167. The second kappa shape index (κ2) is 6.95. The van der Waals surface area contributed by atoms with E-state index in [0.29, 0.717) is 11.6 Å². The van der Waals surface area contributed by atoms with Crippen LogP contribution in [0.2, 0.25) is 0 Å². The van der Waals surface area contributed by atoms with Crippen LogP contribution < -0.4 is 10.1 Å². The molecule has 122 valence electrons. The molecular formula is C18H18N4O2. The molecule has 1 aromatic heterocycles. The van der Waals surface area contributed by atoms with Crippen LogP contribution in [0.1, 0.15) is 11.1 Å². The smallest absolute Gasteiger partial charge is 0.264 e. The van der Waals surface area contributed by atoms with Crippen LogP contribution in [-0.4, -0.2) is 27.7 Å². The maximum atomic E-state index is 12.0. The molecule has 6 heteroatoms. The van der Waals surface area contributed by atoms with Crippen LogP contribution in [0.4, 0.5) is 5.95 Å². The molecular weight excluding hydrogens is 304 g/mol. The number of ether oxygens (including phenoxy) is 1. The molecule has 0 saturated carbocycles. The molecule has 0 unspecified atom stereocenters. The lowest BCUT2D eigenvalue weighted by atomic mass is 10.1. The summed E-state index contributed by atoms with van der Waals surface area (Å²) in [7, 11) is 0. The van der Waals surface area contributed by atoms with Crippen molar-refractivity contribution in [2.75, 3.05) is 11.9 Å². The number of nitrogens with zero attached hydrogens (tertiary/aromatic N) is 2. The number of H-pyrrole nitrogens is 1. The van der Waals surface area contributed by atoms with E-state index in [4.69, 9.17) is 4.74 Å². The number of rotatable bonds is 5. The molecule has 0 bridgehead atoms. The average Bonchev–Trinajstić information content (AvgIpc) is 3.01. The molecule has 0 aliphatic carbocycles. The number of hydrogen-bond acceptors (Lipinski definition) is 4. The Morgan fingerprint density at radius 1 is 1.12 bits per heavy atom. The second-order valence-electron chi connectivity index (χ2n) is 5.53. The van der Waals surface area contributed by atoms with Crippen molar-refractivity contribution in [3.05, 3.63) is 59.7 Å². The molecule has 6 nitrogen and oxygen atoms in total. The highest BCUT2D eigenvalue weighted by Crippen LogP contribution is 2.17. The van der Waals surface area contributed by atoms with Crippen LogP contribution in [0, 0.1) is 13.8 Å². The molecule has 2 N–H and O–H groups in total. The number of aromatic amines is 1. The van der Waals surface area contributed by atoms with E-state index in [0.717, 1.165) is 16.7 Å². The summed E-state index contributed by atoms with van der Waals surface area (Å²) in [5, 5.41) is 9.41. The molecule has 0 radical (unpaired) electrons. The summed E-state index contributed by atoms with van der Waals surface area (Å²) in [6.45, 7) is 3.87. The number of aryl methyl sites for hydroxylation is 2. The van der Waals surface area contributed by atoms with Gasteiger partial charge in [-0.2, -0.15) is 4.98 Å². The highest BCUT2D eigenvalue weighted by Gasteiger charge is 2.09. The van der Waals surface area contributed by atoms with E-state index < -0.39 is 0 Å². The van der Waals surface area contributed by atoms with Crippen molar-refractivity contribution >= 4 is 11.9 Å². The Labute approximate surface area is 139 Å². The molecule has 24 heavy (non-hydrogen) atoms.